The first-order valence-electron chi connectivity index (χ1n) is 6.31. The van der Waals surface area contributed by atoms with E-state index >= 15 is 0 Å². The largest absolute Gasteiger partial charge is 0.374 e. The highest BCUT2D eigenvalue weighted by atomic mass is 32.1. The molecule has 0 saturated carbocycles. The summed E-state index contributed by atoms with van der Waals surface area (Å²) in [6.07, 6.45) is 2.20. The second-order valence-corrected chi connectivity index (χ2v) is 5.97. The van der Waals surface area contributed by atoms with Gasteiger partial charge in [0, 0.05) is 25.6 Å². The fourth-order valence-electron chi connectivity index (χ4n) is 2.75. The molecule has 7 nitrogen and oxygen atoms in total. The molecule has 0 bridgehead atoms. The molecule has 0 aliphatic carbocycles. The van der Waals surface area contributed by atoms with Crippen LogP contribution in [0.4, 0.5) is 5.13 Å². The van der Waals surface area contributed by atoms with Gasteiger partial charge in [-0.1, -0.05) is 11.3 Å². The van der Waals surface area contributed by atoms with Crippen molar-refractivity contribution >= 4 is 28.3 Å². The summed E-state index contributed by atoms with van der Waals surface area (Å²) in [7, 11) is 0. The Kier molecular flexibility index (Phi) is 3.09. The monoisotopic (exact) mass is 281 g/mol. The zero-order valence-electron chi connectivity index (χ0n) is 10.3. The van der Waals surface area contributed by atoms with Gasteiger partial charge >= 0.3 is 0 Å². The number of hydrogen-bond acceptors (Lipinski definition) is 6. The molecule has 1 aromatic rings. The predicted molar refractivity (Wildman–Crippen MR) is 69.5 cm³/mol. The Hall–Kier alpha value is -1.70. The number of nitrogens with two attached hydrogens (primary N) is 1. The van der Waals surface area contributed by atoms with Crippen molar-refractivity contribution in [2.45, 2.75) is 25.3 Å². The van der Waals surface area contributed by atoms with Crippen LogP contribution in [-0.4, -0.2) is 46.0 Å². The van der Waals surface area contributed by atoms with Crippen LogP contribution in [0.15, 0.2) is 0 Å². The van der Waals surface area contributed by atoms with Gasteiger partial charge in [0.1, 0.15) is 0 Å². The average Bonchev–Trinajstić information content (AvgIpc) is 2.84. The van der Waals surface area contributed by atoms with Crippen molar-refractivity contribution in [3.05, 3.63) is 5.01 Å². The molecule has 2 atom stereocenters. The van der Waals surface area contributed by atoms with Crippen molar-refractivity contribution in [2.24, 2.45) is 5.92 Å². The van der Waals surface area contributed by atoms with E-state index in [0.717, 1.165) is 24.2 Å². The fraction of sp³-hybridized carbons (Fsp3) is 0.636. The minimum Gasteiger partial charge on any atom is -0.374 e. The third-order valence-electron chi connectivity index (χ3n) is 3.73. The highest BCUT2D eigenvalue weighted by molar-refractivity contribution is 7.16. The smallest absolute Gasteiger partial charge is 0.284 e. The number of nitrogens with one attached hydrogen (secondary N) is 1. The number of nitrogen functional groups attached to an aromatic ring is 1. The first-order chi connectivity index (χ1) is 9.13. The molecule has 3 N–H and O–H groups in total. The molecule has 0 spiro atoms. The number of carbonyl (C=O) groups excluding carboxylic acids is 2. The number of nitrogens with zero attached hydrogens (tertiary/aromatic N) is 3. The standard InChI is InChI=1S/C11H15N5O2S/c12-11-15-14-9(19-11)10(18)16-4-3-7-6(5-16)1-2-8(17)13-7/h6-7H,1-5H2,(H2,12,15)(H,13,17). The molecule has 2 aliphatic rings. The first-order valence-corrected chi connectivity index (χ1v) is 7.13. The van der Waals surface area contributed by atoms with Crippen LogP contribution in [0.1, 0.15) is 29.1 Å². The molecular formula is C11H15N5O2S. The van der Waals surface area contributed by atoms with E-state index in [4.69, 9.17) is 5.73 Å². The van der Waals surface area contributed by atoms with Crippen molar-refractivity contribution in [1.82, 2.24) is 20.4 Å². The number of hydrogen-bond donors (Lipinski definition) is 2. The predicted octanol–water partition coefficient (Wildman–Crippen LogP) is -0.139. The maximum absolute atomic E-state index is 12.2. The van der Waals surface area contributed by atoms with Crippen molar-refractivity contribution < 1.29 is 9.59 Å². The van der Waals surface area contributed by atoms with Crippen LogP contribution in [0.2, 0.25) is 0 Å². The summed E-state index contributed by atoms with van der Waals surface area (Å²) in [5, 5.41) is 11.1. The molecule has 2 aliphatic heterocycles. The molecule has 102 valence electrons. The number of rotatable bonds is 1. The quantitative estimate of drug-likeness (QED) is 0.746. The first kappa shape index (κ1) is 12.3. The molecule has 0 aromatic carbocycles. The van der Waals surface area contributed by atoms with Crippen LogP contribution in [0.25, 0.3) is 0 Å². The molecule has 2 saturated heterocycles. The van der Waals surface area contributed by atoms with Gasteiger partial charge in [-0.05, 0) is 18.8 Å². The third-order valence-corrected chi connectivity index (χ3v) is 4.47. The molecule has 3 heterocycles. The summed E-state index contributed by atoms with van der Waals surface area (Å²) in [6.45, 7) is 1.31. The zero-order valence-corrected chi connectivity index (χ0v) is 11.2. The zero-order chi connectivity index (χ0) is 13.4. The number of fused-ring (bicyclic) bond motifs is 1. The molecule has 3 rings (SSSR count). The molecule has 2 fully saturated rings. The van der Waals surface area contributed by atoms with Gasteiger partial charge in [-0.25, -0.2) is 0 Å². The molecular weight excluding hydrogens is 266 g/mol. The number of carbonyl (C=O) groups is 2. The molecule has 2 amide bonds. The number of anilines is 1. The second-order valence-electron chi connectivity index (χ2n) is 4.96. The van der Waals surface area contributed by atoms with E-state index in [2.05, 4.69) is 15.5 Å². The maximum Gasteiger partial charge on any atom is 0.284 e. The van der Waals surface area contributed by atoms with E-state index in [9.17, 15) is 9.59 Å². The normalized spacial score (nSPS) is 26.7. The molecule has 2 unspecified atom stereocenters. The summed E-state index contributed by atoms with van der Waals surface area (Å²) in [5.41, 5.74) is 5.49. The Morgan fingerprint density at radius 3 is 3.00 bits per heavy atom. The highest BCUT2D eigenvalue weighted by Crippen LogP contribution is 2.26. The lowest BCUT2D eigenvalue weighted by atomic mass is 9.85. The maximum atomic E-state index is 12.2. The fourth-order valence-corrected chi connectivity index (χ4v) is 3.33. The summed E-state index contributed by atoms with van der Waals surface area (Å²) >= 11 is 1.11. The van der Waals surface area contributed by atoms with E-state index < -0.39 is 0 Å². The Labute approximate surface area is 114 Å². The average molecular weight is 281 g/mol. The van der Waals surface area contributed by atoms with Gasteiger partial charge in [-0.3, -0.25) is 9.59 Å². The van der Waals surface area contributed by atoms with Crippen LogP contribution in [-0.2, 0) is 4.79 Å². The van der Waals surface area contributed by atoms with Crippen molar-refractivity contribution in [3.8, 4) is 0 Å². The Balaban J connectivity index is 1.68. The van der Waals surface area contributed by atoms with Crippen LogP contribution >= 0.6 is 11.3 Å². The topological polar surface area (TPSA) is 101 Å². The lowest BCUT2D eigenvalue weighted by Crippen LogP contribution is -2.55. The molecule has 19 heavy (non-hydrogen) atoms. The minimum atomic E-state index is -0.107. The van der Waals surface area contributed by atoms with E-state index in [1.54, 1.807) is 4.90 Å². The van der Waals surface area contributed by atoms with E-state index in [1.165, 1.54) is 0 Å². The van der Waals surface area contributed by atoms with Crippen molar-refractivity contribution in [3.63, 3.8) is 0 Å². The van der Waals surface area contributed by atoms with Crippen molar-refractivity contribution in [1.29, 1.82) is 0 Å². The summed E-state index contributed by atoms with van der Waals surface area (Å²) in [6, 6.07) is 0.213. The van der Waals surface area contributed by atoms with Gasteiger partial charge in [0.15, 0.2) is 0 Å². The Morgan fingerprint density at radius 2 is 2.26 bits per heavy atom. The molecule has 1 aromatic heterocycles. The highest BCUT2D eigenvalue weighted by Gasteiger charge is 2.36. The van der Waals surface area contributed by atoms with Gasteiger partial charge in [0.25, 0.3) is 5.91 Å². The SMILES string of the molecule is Nc1nnc(C(=O)N2CCC3NC(=O)CCC3C2)s1. The Morgan fingerprint density at radius 1 is 1.42 bits per heavy atom. The van der Waals surface area contributed by atoms with Crippen LogP contribution in [0.3, 0.4) is 0 Å². The lowest BCUT2D eigenvalue weighted by molar-refractivity contribution is -0.125. The summed E-state index contributed by atoms with van der Waals surface area (Å²) < 4.78 is 0. The molecule has 8 heteroatoms. The van der Waals surface area contributed by atoms with E-state index in [0.29, 0.717) is 35.6 Å². The van der Waals surface area contributed by atoms with Gasteiger partial charge < -0.3 is 16.0 Å². The van der Waals surface area contributed by atoms with E-state index in [1.807, 2.05) is 0 Å². The van der Waals surface area contributed by atoms with Gasteiger partial charge in [0.2, 0.25) is 16.0 Å². The van der Waals surface area contributed by atoms with Gasteiger partial charge in [0.05, 0.1) is 0 Å². The second kappa shape index (κ2) is 4.76. The number of likely N-dealkylation sites (tertiary alicyclic amines) is 1. The van der Waals surface area contributed by atoms with E-state index in [-0.39, 0.29) is 17.9 Å². The van der Waals surface area contributed by atoms with Crippen LogP contribution < -0.4 is 11.1 Å². The number of amides is 2. The summed E-state index contributed by atoms with van der Waals surface area (Å²) in [5.74, 6) is 0.364. The molecule has 0 radical (unpaired) electrons. The Bertz CT molecular complexity index is 517. The summed E-state index contributed by atoms with van der Waals surface area (Å²) in [4.78, 5) is 25.4. The number of aromatic nitrogens is 2. The lowest BCUT2D eigenvalue weighted by Gasteiger charge is -2.41. The minimum absolute atomic E-state index is 0.107. The van der Waals surface area contributed by atoms with Crippen LogP contribution in [0, 0.1) is 5.92 Å². The number of piperidine rings is 2. The van der Waals surface area contributed by atoms with Crippen LogP contribution in [0.5, 0.6) is 0 Å². The van der Waals surface area contributed by atoms with Gasteiger partial charge in [-0.15, -0.1) is 10.2 Å². The van der Waals surface area contributed by atoms with Gasteiger partial charge in [-0.2, -0.15) is 0 Å². The van der Waals surface area contributed by atoms with Crippen molar-refractivity contribution in [2.75, 3.05) is 18.8 Å². The third kappa shape index (κ3) is 2.40.